The topological polar surface area (TPSA) is 64.3 Å². The van der Waals surface area contributed by atoms with Gasteiger partial charge < -0.3 is 15.4 Å². The van der Waals surface area contributed by atoms with Crippen molar-refractivity contribution in [2.24, 2.45) is 5.73 Å². The highest BCUT2D eigenvalue weighted by Gasteiger charge is 2.16. The van der Waals surface area contributed by atoms with Gasteiger partial charge in [-0.1, -0.05) is 0 Å². The lowest BCUT2D eigenvalue weighted by Crippen LogP contribution is -2.21. The Balaban J connectivity index is 2.21. The second-order valence-electron chi connectivity index (χ2n) is 3.94. The van der Waals surface area contributed by atoms with Gasteiger partial charge in [-0.3, -0.25) is 0 Å². The molecule has 1 aliphatic heterocycles. The molecule has 5 heteroatoms. The van der Waals surface area contributed by atoms with Crippen molar-refractivity contribution in [2.45, 2.75) is 19.3 Å². The largest absolute Gasteiger partial charge is 0.481 e. The summed E-state index contributed by atoms with van der Waals surface area (Å²) in [6.45, 7) is 2.67. The van der Waals surface area contributed by atoms with Crippen molar-refractivity contribution in [2.75, 3.05) is 31.6 Å². The lowest BCUT2D eigenvalue weighted by Gasteiger charge is -2.16. The molecule has 1 aliphatic rings. The minimum Gasteiger partial charge on any atom is -0.481 e. The van der Waals surface area contributed by atoms with E-state index in [1.54, 1.807) is 7.11 Å². The van der Waals surface area contributed by atoms with Crippen molar-refractivity contribution in [3.63, 3.8) is 0 Å². The molecule has 16 heavy (non-hydrogen) atoms. The Hall–Kier alpha value is -1.36. The molecular formula is C11H18N4O. The molecule has 1 fully saturated rings. The highest BCUT2D eigenvalue weighted by molar-refractivity contribution is 5.37. The van der Waals surface area contributed by atoms with Gasteiger partial charge in [0.1, 0.15) is 0 Å². The van der Waals surface area contributed by atoms with Gasteiger partial charge in [0, 0.05) is 24.8 Å². The summed E-state index contributed by atoms with van der Waals surface area (Å²) < 4.78 is 5.26. The normalized spacial score (nSPS) is 15.5. The molecule has 5 nitrogen and oxygen atoms in total. The summed E-state index contributed by atoms with van der Waals surface area (Å²) in [5.41, 5.74) is 6.50. The van der Waals surface area contributed by atoms with Crippen LogP contribution in [-0.4, -0.2) is 36.7 Å². The lowest BCUT2D eigenvalue weighted by molar-refractivity contribution is 0.391. The average molecular weight is 222 g/mol. The molecule has 2 heterocycles. The Kier molecular flexibility index (Phi) is 3.56. The Morgan fingerprint density at radius 2 is 2.19 bits per heavy atom. The quantitative estimate of drug-likeness (QED) is 0.807. The van der Waals surface area contributed by atoms with E-state index in [1.165, 1.54) is 12.8 Å². The number of anilines is 1. The third-order valence-electron chi connectivity index (χ3n) is 2.81. The molecule has 0 saturated carbocycles. The van der Waals surface area contributed by atoms with E-state index in [0.717, 1.165) is 31.0 Å². The van der Waals surface area contributed by atoms with Crippen LogP contribution in [0.25, 0.3) is 0 Å². The van der Waals surface area contributed by atoms with E-state index in [2.05, 4.69) is 14.9 Å². The second-order valence-corrected chi connectivity index (χ2v) is 3.94. The number of ether oxygens (including phenoxy) is 1. The predicted molar refractivity (Wildman–Crippen MR) is 62.8 cm³/mol. The molecule has 0 aromatic carbocycles. The summed E-state index contributed by atoms with van der Waals surface area (Å²) >= 11 is 0. The zero-order valence-corrected chi connectivity index (χ0v) is 9.65. The summed E-state index contributed by atoms with van der Waals surface area (Å²) in [4.78, 5) is 11.0. The number of nitrogens with two attached hydrogens (primary N) is 1. The maximum absolute atomic E-state index is 5.52. The van der Waals surface area contributed by atoms with Crippen LogP contribution in [-0.2, 0) is 6.42 Å². The summed E-state index contributed by atoms with van der Waals surface area (Å²) in [6, 6.07) is 0. The molecule has 1 saturated heterocycles. The van der Waals surface area contributed by atoms with Crippen LogP contribution in [0.2, 0.25) is 0 Å². The Morgan fingerprint density at radius 3 is 2.81 bits per heavy atom. The maximum Gasteiger partial charge on any atom is 0.228 e. The number of nitrogens with zero attached hydrogens (tertiary/aromatic N) is 3. The molecular weight excluding hydrogens is 204 g/mol. The lowest BCUT2D eigenvalue weighted by atomic mass is 10.2. The molecule has 0 unspecified atom stereocenters. The van der Waals surface area contributed by atoms with Crippen molar-refractivity contribution >= 4 is 5.95 Å². The molecule has 2 N–H and O–H groups in total. The smallest absolute Gasteiger partial charge is 0.228 e. The van der Waals surface area contributed by atoms with Gasteiger partial charge in [0.2, 0.25) is 11.8 Å². The second kappa shape index (κ2) is 5.12. The van der Waals surface area contributed by atoms with Crippen LogP contribution in [0.4, 0.5) is 5.95 Å². The maximum atomic E-state index is 5.52. The van der Waals surface area contributed by atoms with E-state index >= 15 is 0 Å². The van der Waals surface area contributed by atoms with Gasteiger partial charge in [0.25, 0.3) is 0 Å². The van der Waals surface area contributed by atoms with E-state index in [1.807, 2.05) is 6.20 Å². The van der Waals surface area contributed by atoms with Gasteiger partial charge in [0.15, 0.2) is 0 Å². The van der Waals surface area contributed by atoms with Crippen molar-refractivity contribution < 1.29 is 4.74 Å². The predicted octanol–water partition coefficient (Wildman–Crippen LogP) is 0.587. The minimum absolute atomic E-state index is 0.586. The molecule has 0 bridgehead atoms. The first-order valence-electron chi connectivity index (χ1n) is 5.70. The first kappa shape index (κ1) is 11.1. The number of hydrogen-bond acceptors (Lipinski definition) is 5. The number of hydrogen-bond donors (Lipinski definition) is 1. The number of aromatic nitrogens is 2. The van der Waals surface area contributed by atoms with Gasteiger partial charge in [-0.2, -0.15) is 4.98 Å². The molecule has 0 aliphatic carbocycles. The van der Waals surface area contributed by atoms with Gasteiger partial charge in [-0.15, -0.1) is 0 Å². The van der Waals surface area contributed by atoms with Gasteiger partial charge >= 0.3 is 0 Å². The zero-order valence-electron chi connectivity index (χ0n) is 9.65. The van der Waals surface area contributed by atoms with E-state index in [0.29, 0.717) is 12.4 Å². The van der Waals surface area contributed by atoms with Crippen LogP contribution in [0.5, 0.6) is 5.88 Å². The van der Waals surface area contributed by atoms with Crippen molar-refractivity contribution in [1.29, 1.82) is 0 Å². The summed E-state index contributed by atoms with van der Waals surface area (Å²) in [6.07, 6.45) is 5.02. The Labute approximate surface area is 95.6 Å². The van der Waals surface area contributed by atoms with Crippen LogP contribution >= 0.6 is 0 Å². The van der Waals surface area contributed by atoms with Gasteiger partial charge in [-0.05, 0) is 25.8 Å². The van der Waals surface area contributed by atoms with Crippen LogP contribution in [0, 0.1) is 0 Å². The zero-order chi connectivity index (χ0) is 11.4. The van der Waals surface area contributed by atoms with Gasteiger partial charge in [0.05, 0.1) is 7.11 Å². The minimum atomic E-state index is 0.586. The molecule has 0 radical (unpaired) electrons. The number of rotatable bonds is 4. The SMILES string of the molecule is COc1nc(N2CCCC2)ncc1CCN. The fourth-order valence-electron chi connectivity index (χ4n) is 1.96. The summed E-state index contributed by atoms with van der Waals surface area (Å²) in [7, 11) is 1.64. The highest BCUT2D eigenvalue weighted by Crippen LogP contribution is 2.21. The molecule has 88 valence electrons. The Morgan fingerprint density at radius 1 is 1.44 bits per heavy atom. The van der Waals surface area contributed by atoms with Crippen LogP contribution in [0.15, 0.2) is 6.20 Å². The van der Waals surface area contributed by atoms with Crippen molar-refractivity contribution in [1.82, 2.24) is 9.97 Å². The monoisotopic (exact) mass is 222 g/mol. The van der Waals surface area contributed by atoms with Crippen molar-refractivity contribution in [3.05, 3.63) is 11.8 Å². The highest BCUT2D eigenvalue weighted by atomic mass is 16.5. The van der Waals surface area contributed by atoms with E-state index in [-0.39, 0.29) is 0 Å². The third-order valence-corrected chi connectivity index (χ3v) is 2.81. The van der Waals surface area contributed by atoms with Gasteiger partial charge in [-0.25, -0.2) is 4.98 Å². The van der Waals surface area contributed by atoms with E-state index < -0.39 is 0 Å². The third kappa shape index (κ3) is 2.24. The van der Waals surface area contributed by atoms with Crippen LogP contribution < -0.4 is 15.4 Å². The average Bonchev–Trinajstić information content (AvgIpc) is 2.83. The van der Waals surface area contributed by atoms with E-state index in [9.17, 15) is 0 Å². The molecule has 0 atom stereocenters. The summed E-state index contributed by atoms with van der Waals surface area (Å²) in [5, 5.41) is 0. The molecule has 0 amide bonds. The molecule has 1 aromatic rings. The first-order valence-corrected chi connectivity index (χ1v) is 5.70. The van der Waals surface area contributed by atoms with Crippen LogP contribution in [0.3, 0.4) is 0 Å². The molecule has 2 rings (SSSR count). The standard InChI is InChI=1S/C11H18N4O/c1-16-10-9(4-5-12)8-13-11(14-10)15-6-2-3-7-15/h8H,2-7,12H2,1H3. The molecule has 0 spiro atoms. The first-order chi connectivity index (χ1) is 7.85. The van der Waals surface area contributed by atoms with Crippen molar-refractivity contribution in [3.8, 4) is 5.88 Å². The Bertz CT molecular complexity index is 350. The number of methoxy groups -OCH3 is 1. The molecule has 1 aromatic heterocycles. The van der Waals surface area contributed by atoms with Crippen LogP contribution in [0.1, 0.15) is 18.4 Å². The summed E-state index contributed by atoms with van der Waals surface area (Å²) in [5.74, 6) is 1.43. The fraction of sp³-hybridized carbons (Fsp3) is 0.636. The fourth-order valence-corrected chi connectivity index (χ4v) is 1.96. The van der Waals surface area contributed by atoms with E-state index in [4.69, 9.17) is 10.5 Å².